The first-order valence-electron chi connectivity index (χ1n) is 9.65. The van der Waals surface area contributed by atoms with E-state index in [0.717, 1.165) is 54.7 Å². The topological polar surface area (TPSA) is 78.3 Å². The van der Waals surface area contributed by atoms with Gasteiger partial charge < -0.3 is 9.32 Å². The summed E-state index contributed by atoms with van der Waals surface area (Å²) in [6.07, 6.45) is 2.55. The zero-order chi connectivity index (χ0) is 19.5. The number of carbonyl (C=O) groups excluding carboxylic acids is 1. The van der Waals surface area contributed by atoms with Crippen molar-refractivity contribution >= 4 is 5.91 Å². The quantitative estimate of drug-likeness (QED) is 0.754. The first-order valence-corrected chi connectivity index (χ1v) is 9.65. The lowest BCUT2D eigenvalue weighted by atomic mass is 10.1. The molecule has 1 N–H and O–H groups in total. The van der Waals surface area contributed by atoms with Gasteiger partial charge in [0.05, 0.1) is 29.7 Å². The average molecular weight is 379 g/mol. The molecular formula is C21H25N5O2. The molecule has 1 aliphatic rings. The molecule has 0 atom stereocenters. The fourth-order valence-corrected chi connectivity index (χ4v) is 3.57. The number of nitrogens with zero attached hydrogens (tertiary/aromatic N) is 4. The molecule has 7 nitrogen and oxygen atoms in total. The number of nitrogens with one attached hydrogen (secondary N) is 1. The number of rotatable bonds is 4. The summed E-state index contributed by atoms with van der Waals surface area (Å²) < 4.78 is 5.71. The van der Waals surface area contributed by atoms with Crippen LogP contribution in [-0.2, 0) is 6.54 Å². The molecule has 0 spiro atoms. The van der Waals surface area contributed by atoms with Crippen LogP contribution >= 0.6 is 0 Å². The summed E-state index contributed by atoms with van der Waals surface area (Å²) in [6.45, 7) is 7.70. The first kappa shape index (κ1) is 18.4. The summed E-state index contributed by atoms with van der Waals surface area (Å²) >= 11 is 0. The molecule has 146 valence electrons. The number of carbonyl (C=O) groups is 1. The number of aromatic nitrogens is 3. The van der Waals surface area contributed by atoms with E-state index < -0.39 is 0 Å². The van der Waals surface area contributed by atoms with Gasteiger partial charge in [0.15, 0.2) is 0 Å². The molecule has 0 saturated carbocycles. The molecule has 1 aliphatic heterocycles. The lowest BCUT2D eigenvalue weighted by Gasteiger charge is -2.21. The molecule has 2 aromatic heterocycles. The Labute approximate surface area is 164 Å². The van der Waals surface area contributed by atoms with Gasteiger partial charge in [0.2, 0.25) is 5.89 Å². The van der Waals surface area contributed by atoms with Crippen molar-refractivity contribution < 1.29 is 9.21 Å². The number of H-pyrrole nitrogens is 1. The Morgan fingerprint density at radius 1 is 1.14 bits per heavy atom. The number of benzene rings is 1. The highest BCUT2D eigenvalue weighted by Gasteiger charge is 2.24. The van der Waals surface area contributed by atoms with Crippen LogP contribution in [0.3, 0.4) is 0 Å². The second-order valence-electron chi connectivity index (χ2n) is 7.20. The van der Waals surface area contributed by atoms with E-state index in [2.05, 4.69) is 20.1 Å². The molecule has 3 aromatic rings. The van der Waals surface area contributed by atoms with Crippen molar-refractivity contribution in [2.24, 2.45) is 0 Å². The predicted molar refractivity (Wildman–Crippen MR) is 106 cm³/mol. The summed E-state index contributed by atoms with van der Waals surface area (Å²) in [6, 6.07) is 9.84. The SMILES string of the molecule is Cc1nc(CN2CCCN(C(=O)c3cn[nH]c3-c3ccccc3)CC2)oc1C. The van der Waals surface area contributed by atoms with Crippen molar-refractivity contribution in [2.75, 3.05) is 26.2 Å². The third kappa shape index (κ3) is 3.84. The lowest BCUT2D eigenvalue weighted by molar-refractivity contribution is 0.0761. The van der Waals surface area contributed by atoms with Gasteiger partial charge in [-0.1, -0.05) is 30.3 Å². The maximum absolute atomic E-state index is 13.1. The molecule has 7 heteroatoms. The van der Waals surface area contributed by atoms with E-state index in [9.17, 15) is 4.79 Å². The molecule has 4 rings (SSSR count). The largest absolute Gasteiger partial charge is 0.444 e. The van der Waals surface area contributed by atoms with E-state index in [1.165, 1.54) is 0 Å². The molecule has 1 fully saturated rings. The van der Waals surface area contributed by atoms with Gasteiger partial charge >= 0.3 is 0 Å². The van der Waals surface area contributed by atoms with E-state index in [4.69, 9.17) is 4.42 Å². The Morgan fingerprint density at radius 3 is 2.71 bits per heavy atom. The van der Waals surface area contributed by atoms with Crippen LogP contribution in [0.25, 0.3) is 11.3 Å². The first-order chi connectivity index (χ1) is 13.6. The minimum absolute atomic E-state index is 0.0252. The highest BCUT2D eigenvalue weighted by Crippen LogP contribution is 2.22. The average Bonchev–Trinajstić information content (AvgIpc) is 3.23. The van der Waals surface area contributed by atoms with E-state index in [-0.39, 0.29) is 5.91 Å². The van der Waals surface area contributed by atoms with Gasteiger partial charge in [0.1, 0.15) is 5.76 Å². The Bertz CT molecular complexity index is 927. The number of amides is 1. The van der Waals surface area contributed by atoms with Crippen molar-refractivity contribution in [1.29, 1.82) is 0 Å². The van der Waals surface area contributed by atoms with E-state index >= 15 is 0 Å². The predicted octanol–water partition coefficient (Wildman–Crippen LogP) is 3.03. The third-order valence-electron chi connectivity index (χ3n) is 5.24. The minimum Gasteiger partial charge on any atom is -0.444 e. The van der Waals surface area contributed by atoms with Crippen molar-refractivity contribution in [3.05, 3.63) is 59.4 Å². The fraction of sp³-hybridized carbons (Fsp3) is 0.381. The molecular weight excluding hydrogens is 354 g/mol. The van der Waals surface area contributed by atoms with Crippen molar-refractivity contribution in [3.8, 4) is 11.3 Å². The Morgan fingerprint density at radius 2 is 1.96 bits per heavy atom. The summed E-state index contributed by atoms with van der Waals surface area (Å²) in [5.41, 5.74) is 3.31. The monoisotopic (exact) mass is 379 g/mol. The molecule has 0 bridgehead atoms. The van der Waals surface area contributed by atoms with E-state index in [0.29, 0.717) is 18.7 Å². The van der Waals surface area contributed by atoms with Crippen LogP contribution in [0.4, 0.5) is 0 Å². The van der Waals surface area contributed by atoms with Crippen LogP contribution in [0.5, 0.6) is 0 Å². The van der Waals surface area contributed by atoms with Gasteiger partial charge in [-0.05, 0) is 20.3 Å². The van der Waals surface area contributed by atoms with Crippen LogP contribution in [-0.4, -0.2) is 57.1 Å². The molecule has 1 amide bonds. The normalized spacial score (nSPS) is 15.6. The summed E-state index contributed by atoms with van der Waals surface area (Å²) in [4.78, 5) is 21.8. The van der Waals surface area contributed by atoms with Gasteiger partial charge in [-0.25, -0.2) is 4.98 Å². The van der Waals surface area contributed by atoms with Gasteiger partial charge in [-0.3, -0.25) is 14.8 Å². The van der Waals surface area contributed by atoms with Gasteiger partial charge in [0.25, 0.3) is 5.91 Å². The number of oxazole rings is 1. The lowest BCUT2D eigenvalue weighted by Crippen LogP contribution is -2.35. The number of hydrogen-bond acceptors (Lipinski definition) is 5. The molecule has 1 aromatic carbocycles. The standard InChI is InChI=1S/C21H25N5O2/c1-15-16(2)28-19(23-15)14-25-9-6-10-26(12-11-25)21(27)18-13-22-24-20(18)17-7-4-3-5-8-17/h3-5,7-8,13H,6,9-12,14H2,1-2H3,(H,22,24). The molecule has 1 saturated heterocycles. The zero-order valence-electron chi connectivity index (χ0n) is 16.3. The van der Waals surface area contributed by atoms with Crippen LogP contribution in [0.2, 0.25) is 0 Å². The Balaban J connectivity index is 1.43. The maximum Gasteiger partial charge on any atom is 0.257 e. The summed E-state index contributed by atoms with van der Waals surface area (Å²) in [7, 11) is 0. The van der Waals surface area contributed by atoms with Gasteiger partial charge in [0, 0.05) is 31.7 Å². The fourth-order valence-electron chi connectivity index (χ4n) is 3.57. The maximum atomic E-state index is 13.1. The molecule has 28 heavy (non-hydrogen) atoms. The second-order valence-corrected chi connectivity index (χ2v) is 7.20. The second kappa shape index (κ2) is 7.98. The van der Waals surface area contributed by atoms with Crippen LogP contribution in [0, 0.1) is 13.8 Å². The zero-order valence-corrected chi connectivity index (χ0v) is 16.3. The summed E-state index contributed by atoms with van der Waals surface area (Å²) in [5.74, 6) is 1.64. The van der Waals surface area contributed by atoms with Crippen molar-refractivity contribution in [1.82, 2.24) is 25.0 Å². The third-order valence-corrected chi connectivity index (χ3v) is 5.24. The molecule has 0 radical (unpaired) electrons. The molecule has 0 unspecified atom stereocenters. The molecule has 0 aliphatic carbocycles. The highest BCUT2D eigenvalue weighted by molar-refractivity contribution is 5.99. The van der Waals surface area contributed by atoms with Crippen molar-refractivity contribution in [3.63, 3.8) is 0 Å². The van der Waals surface area contributed by atoms with Crippen LogP contribution in [0.15, 0.2) is 40.9 Å². The highest BCUT2D eigenvalue weighted by atomic mass is 16.4. The smallest absolute Gasteiger partial charge is 0.257 e. The van der Waals surface area contributed by atoms with Crippen LogP contribution in [0.1, 0.15) is 34.1 Å². The van der Waals surface area contributed by atoms with E-state index in [1.807, 2.05) is 49.1 Å². The minimum atomic E-state index is 0.0252. The van der Waals surface area contributed by atoms with Crippen LogP contribution < -0.4 is 0 Å². The van der Waals surface area contributed by atoms with E-state index in [1.54, 1.807) is 6.20 Å². The number of hydrogen-bond donors (Lipinski definition) is 1. The van der Waals surface area contributed by atoms with Gasteiger partial charge in [-0.15, -0.1) is 0 Å². The Kier molecular flexibility index (Phi) is 5.25. The Hall–Kier alpha value is -2.93. The van der Waals surface area contributed by atoms with Crippen molar-refractivity contribution in [2.45, 2.75) is 26.8 Å². The van der Waals surface area contributed by atoms with Gasteiger partial charge in [-0.2, -0.15) is 5.10 Å². The summed E-state index contributed by atoms with van der Waals surface area (Å²) in [5, 5.41) is 7.09. The molecule has 3 heterocycles. The number of aryl methyl sites for hydroxylation is 2. The number of aromatic amines is 1.